The Labute approximate surface area is 148 Å². The minimum absolute atomic E-state index is 0.0172. The van der Waals surface area contributed by atoms with Gasteiger partial charge in [-0.15, -0.1) is 0 Å². The second-order valence-electron chi connectivity index (χ2n) is 7.96. The first-order valence-corrected chi connectivity index (χ1v) is 9.11. The van der Waals surface area contributed by atoms with E-state index in [1.807, 2.05) is 13.1 Å². The molecule has 0 bridgehead atoms. The van der Waals surface area contributed by atoms with Crippen LogP contribution in [-0.4, -0.2) is 41.1 Å². The zero-order valence-electron chi connectivity index (χ0n) is 15.6. The van der Waals surface area contributed by atoms with Gasteiger partial charge in [0.05, 0.1) is 16.6 Å². The third kappa shape index (κ3) is 3.68. The first kappa shape index (κ1) is 17.9. The summed E-state index contributed by atoms with van der Waals surface area (Å²) in [5.74, 6) is 0.429. The van der Waals surface area contributed by atoms with Crippen molar-refractivity contribution >= 4 is 17.0 Å². The van der Waals surface area contributed by atoms with E-state index in [4.69, 9.17) is 10.3 Å². The second-order valence-corrected chi connectivity index (χ2v) is 7.96. The molecule has 0 saturated heterocycles. The first-order chi connectivity index (χ1) is 11.9. The molecule has 0 atom stereocenters. The molecule has 25 heavy (non-hydrogen) atoms. The van der Waals surface area contributed by atoms with E-state index in [2.05, 4.69) is 30.9 Å². The van der Waals surface area contributed by atoms with Crippen molar-refractivity contribution < 1.29 is 9.32 Å². The van der Waals surface area contributed by atoms with Crippen LogP contribution in [0.1, 0.15) is 67.7 Å². The van der Waals surface area contributed by atoms with Crippen molar-refractivity contribution in [2.75, 3.05) is 20.1 Å². The van der Waals surface area contributed by atoms with Gasteiger partial charge in [-0.1, -0.05) is 32.3 Å². The topological polar surface area (TPSA) is 85.2 Å². The number of nitrogens with two attached hydrogens (primary N) is 1. The predicted molar refractivity (Wildman–Crippen MR) is 97.6 cm³/mol. The van der Waals surface area contributed by atoms with E-state index < -0.39 is 0 Å². The molecule has 136 valence electrons. The fourth-order valence-electron chi connectivity index (χ4n) is 3.18. The molecule has 1 aliphatic carbocycles. The van der Waals surface area contributed by atoms with Gasteiger partial charge in [-0.25, -0.2) is 4.98 Å². The average Bonchev–Trinajstić information content (AvgIpc) is 3.35. The second kappa shape index (κ2) is 6.75. The molecule has 6 heteroatoms. The Morgan fingerprint density at radius 2 is 2.16 bits per heavy atom. The lowest BCUT2D eigenvalue weighted by atomic mass is 9.93. The number of hydrogen-bond acceptors (Lipinski definition) is 5. The van der Waals surface area contributed by atoms with Gasteiger partial charge in [0.1, 0.15) is 0 Å². The standard InChI is InChI=1S/C19H28N4O2/c1-5-6-14-16-13(18(24)23(4)11-19(2,3)10-20)9-15(12-7-8-12)21-17(16)25-22-14/h9,12H,5-8,10-11,20H2,1-4H3. The van der Waals surface area contributed by atoms with Gasteiger partial charge in [0.2, 0.25) is 0 Å². The molecule has 1 amide bonds. The predicted octanol–water partition coefficient (Wildman–Crippen LogP) is 3.11. The molecule has 2 N–H and O–H groups in total. The molecule has 2 aromatic rings. The SMILES string of the molecule is CCCc1noc2nc(C3CC3)cc(C(=O)N(C)CC(C)(C)CN)c12. The highest BCUT2D eigenvalue weighted by molar-refractivity contribution is 6.06. The fraction of sp³-hybridized carbons (Fsp3) is 0.632. The Morgan fingerprint density at radius 3 is 2.76 bits per heavy atom. The van der Waals surface area contributed by atoms with E-state index in [1.165, 1.54) is 0 Å². The lowest BCUT2D eigenvalue weighted by molar-refractivity contribution is 0.0742. The molecule has 0 spiro atoms. The highest BCUT2D eigenvalue weighted by Crippen LogP contribution is 2.40. The Balaban J connectivity index is 2.02. The lowest BCUT2D eigenvalue weighted by Crippen LogP contribution is -2.39. The van der Waals surface area contributed by atoms with Crippen LogP contribution in [0.3, 0.4) is 0 Å². The quantitative estimate of drug-likeness (QED) is 0.834. The zero-order chi connectivity index (χ0) is 18.2. The van der Waals surface area contributed by atoms with Crippen LogP contribution in [0.5, 0.6) is 0 Å². The van der Waals surface area contributed by atoms with Gasteiger partial charge in [-0.05, 0) is 37.3 Å². The minimum atomic E-state index is -0.128. The molecule has 6 nitrogen and oxygen atoms in total. The number of rotatable bonds is 7. The van der Waals surface area contributed by atoms with E-state index in [0.29, 0.717) is 30.3 Å². The fourth-order valence-corrected chi connectivity index (χ4v) is 3.18. The largest absolute Gasteiger partial charge is 0.341 e. The zero-order valence-corrected chi connectivity index (χ0v) is 15.6. The van der Waals surface area contributed by atoms with E-state index in [1.54, 1.807) is 4.90 Å². The van der Waals surface area contributed by atoms with E-state index in [9.17, 15) is 4.79 Å². The molecule has 1 saturated carbocycles. The maximum Gasteiger partial charge on any atom is 0.259 e. The lowest BCUT2D eigenvalue weighted by Gasteiger charge is -2.29. The van der Waals surface area contributed by atoms with Crippen LogP contribution in [0.15, 0.2) is 10.6 Å². The van der Waals surface area contributed by atoms with Crippen LogP contribution >= 0.6 is 0 Å². The van der Waals surface area contributed by atoms with Gasteiger partial charge in [0.25, 0.3) is 11.6 Å². The van der Waals surface area contributed by atoms with Crippen molar-refractivity contribution in [3.63, 3.8) is 0 Å². The average molecular weight is 344 g/mol. The number of amides is 1. The van der Waals surface area contributed by atoms with Crippen molar-refractivity contribution in [2.24, 2.45) is 11.1 Å². The molecule has 0 aliphatic heterocycles. The van der Waals surface area contributed by atoms with Crippen LogP contribution in [0.2, 0.25) is 0 Å². The summed E-state index contributed by atoms with van der Waals surface area (Å²) in [7, 11) is 1.83. The van der Waals surface area contributed by atoms with Crippen LogP contribution in [0, 0.1) is 5.41 Å². The van der Waals surface area contributed by atoms with Gasteiger partial charge in [0, 0.05) is 25.2 Å². The molecular weight excluding hydrogens is 316 g/mol. The molecule has 2 heterocycles. The number of carbonyl (C=O) groups is 1. The molecule has 3 rings (SSSR count). The van der Waals surface area contributed by atoms with Crippen molar-refractivity contribution in [1.29, 1.82) is 0 Å². The third-order valence-corrected chi connectivity index (χ3v) is 4.81. The summed E-state index contributed by atoms with van der Waals surface area (Å²) in [5.41, 5.74) is 8.62. The maximum absolute atomic E-state index is 13.2. The molecule has 1 aliphatic rings. The van der Waals surface area contributed by atoms with E-state index in [0.717, 1.165) is 42.5 Å². The van der Waals surface area contributed by atoms with Crippen LogP contribution in [0.4, 0.5) is 0 Å². The monoisotopic (exact) mass is 344 g/mol. The van der Waals surface area contributed by atoms with Crippen LogP contribution < -0.4 is 5.73 Å². The summed E-state index contributed by atoms with van der Waals surface area (Å²) in [6.07, 6.45) is 3.96. The van der Waals surface area contributed by atoms with Crippen LogP contribution in [-0.2, 0) is 6.42 Å². The first-order valence-electron chi connectivity index (χ1n) is 9.11. The number of carbonyl (C=O) groups excluding carboxylic acids is 1. The van der Waals surface area contributed by atoms with Gasteiger partial charge in [-0.3, -0.25) is 4.79 Å². The maximum atomic E-state index is 13.2. The van der Waals surface area contributed by atoms with Crippen LogP contribution in [0.25, 0.3) is 11.1 Å². The Hall–Kier alpha value is -1.95. The summed E-state index contributed by atoms with van der Waals surface area (Å²) in [5, 5.41) is 4.94. The molecule has 0 aromatic carbocycles. The molecular formula is C19H28N4O2. The Morgan fingerprint density at radius 1 is 1.44 bits per heavy atom. The summed E-state index contributed by atoms with van der Waals surface area (Å²) in [4.78, 5) is 19.6. The number of aromatic nitrogens is 2. The van der Waals surface area contributed by atoms with Crippen molar-refractivity contribution in [3.05, 3.63) is 23.0 Å². The van der Waals surface area contributed by atoms with Gasteiger partial charge >= 0.3 is 0 Å². The highest BCUT2D eigenvalue weighted by Gasteiger charge is 2.30. The third-order valence-electron chi connectivity index (χ3n) is 4.81. The Bertz CT molecular complexity index is 777. The normalized spacial score (nSPS) is 14.9. The summed E-state index contributed by atoms with van der Waals surface area (Å²) >= 11 is 0. The molecule has 1 fully saturated rings. The summed E-state index contributed by atoms with van der Waals surface area (Å²) in [6.45, 7) is 7.34. The smallest absolute Gasteiger partial charge is 0.259 e. The van der Waals surface area contributed by atoms with Gasteiger partial charge < -0.3 is 15.2 Å². The number of pyridine rings is 1. The number of aryl methyl sites for hydroxylation is 1. The molecule has 2 aromatic heterocycles. The number of nitrogens with zero attached hydrogens (tertiary/aromatic N) is 3. The number of hydrogen-bond donors (Lipinski definition) is 1. The molecule has 0 radical (unpaired) electrons. The van der Waals surface area contributed by atoms with Crippen molar-refractivity contribution in [2.45, 2.75) is 52.4 Å². The number of fused-ring (bicyclic) bond motifs is 1. The summed E-state index contributed by atoms with van der Waals surface area (Å²) in [6, 6.07) is 1.95. The minimum Gasteiger partial charge on any atom is -0.341 e. The van der Waals surface area contributed by atoms with Crippen molar-refractivity contribution in [1.82, 2.24) is 15.0 Å². The van der Waals surface area contributed by atoms with Gasteiger partial charge in [-0.2, -0.15) is 0 Å². The highest BCUT2D eigenvalue weighted by atomic mass is 16.5. The van der Waals surface area contributed by atoms with E-state index in [-0.39, 0.29) is 11.3 Å². The van der Waals surface area contributed by atoms with Gasteiger partial charge in [0.15, 0.2) is 0 Å². The Kier molecular flexibility index (Phi) is 4.82. The van der Waals surface area contributed by atoms with Crippen molar-refractivity contribution in [3.8, 4) is 0 Å². The van der Waals surface area contributed by atoms with E-state index >= 15 is 0 Å². The summed E-state index contributed by atoms with van der Waals surface area (Å²) < 4.78 is 5.46. The molecule has 0 unspecified atom stereocenters.